The molecule has 0 aromatic carbocycles. The summed E-state index contributed by atoms with van der Waals surface area (Å²) in [4.78, 5) is 63.2. The van der Waals surface area contributed by atoms with E-state index in [0.717, 1.165) is 78.5 Å². The van der Waals surface area contributed by atoms with E-state index in [4.69, 9.17) is 11.6 Å². The Kier molecular flexibility index (Phi) is 14.2. The summed E-state index contributed by atoms with van der Waals surface area (Å²) in [6, 6.07) is 10.2. The molecule has 0 saturated heterocycles. The molecule has 0 atom stereocenters. The molecular weight excluding hydrogens is 864 g/mol. The first-order chi connectivity index (χ1) is 31.0. The number of aromatic nitrogens is 9. The van der Waals surface area contributed by atoms with Gasteiger partial charge in [-0.25, -0.2) is 29.9 Å². The average molecular weight is 928 g/mol. The summed E-state index contributed by atoms with van der Waals surface area (Å²) >= 11 is 5.99. The summed E-state index contributed by atoms with van der Waals surface area (Å²) in [5.74, 6) is 0.808. The third kappa shape index (κ3) is 11.9. The van der Waals surface area contributed by atoms with Crippen molar-refractivity contribution < 1.29 is 29.7 Å². The van der Waals surface area contributed by atoms with Crippen LogP contribution < -0.4 is 16.0 Å². The quantitative estimate of drug-likeness (QED) is 0.0640. The smallest absolute Gasteiger partial charge is 0.229 e. The SMILES string of the molecule is CC(C)(O)CC(=O)Nc1nc2ccc(Cl)nc2n1C1CCC1.Cc1ccc2nc(NC(=O)CC(C)(C)O)n(C3CCC3)c2n1.Cc1ccnc2c1nc(NC(=O)CC(C)(C)O)n2C1CCC1. The minimum atomic E-state index is -1.06. The normalized spacial score (nSPS) is 15.8. The van der Waals surface area contributed by atoms with E-state index < -0.39 is 16.8 Å². The first-order valence-electron chi connectivity index (χ1n) is 22.8. The highest BCUT2D eigenvalue weighted by Gasteiger charge is 2.30. The number of rotatable bonds is 12. The number of aliphatic hydroxyl groups is 3. The number of anilines is 3. The molecule has 0 spiro atoms. The molecule has 6 N–H and O–H groups in total. The Morgan fingerprint density at radius 3 is 1.38 bits per heavy atom. The van der Waals surface area contributed by atoms with Crippen LogP contribution in [0.5, 0.6) is 0 Å². The minimum absolute atomic E-state index is 0.00898. The van der Waals surface area contributed by atoms with E-state index >= 15 is 0 Å². The Balaban J connectivity index is 0.000000147. The van der Waals surface area contributed by atoms with Gasteiger partial charge < -0.3 is 15.3 Å². The highest BCUT2D eigenvalue weighted by atomic mass is 35.5. The van der Waals surface area contributed by atoms with Crippen molar-refractivity contribution in [1.82, 2.24) is 43.6 Å². The third-order valence-corrected chi connectivity index (χ3v) is 12.0. The summed E-state index contributed by atoms with van der Waals surface area (Å²) in [5.41, 5.74) is 3.50. The number of carbonyl (C=O) groups excluding carboxylic acids is 3. The molecule has 66 heavy (non-hydrogen) atoms. The highest BCUT2D eigenvalue weighted by Crippen LogP contribution is 2.39. The lowest BCUT2D eigenvalue weighted by atomic mass is 9.93. The number of halogens is 1. The van der Waals surface area contributed by atoms with Crippen LogP contribution in [-0.4, -0.2) is 93.4 Å². The molecule has 19 heteroatoms. The van der Waals surface area contributed by atoms with Crippen molar-refractivity contribution in [2.24, 2.45) is 0 Å². The summed E-state index contributed by atoms with van der Waals surface area (Å²) in [6.07, 6.45) is 11.8. The standard InChI is InChI=1S/2C16H22N4O2.C15H19ClN4O2/c1-10-7-8-17-14-13(10)19-15(20(14)11-5-4-6-11)18-12(21)9-16(2,3)22;1-10-7-8-12-14(17-10)20(11-5-4-6-11)15(18-12)19-13(21)9-16(2,3)22;1-15(2,22)8-12(21)19-14-17-10-6-7-11(16)18-13(10)20(14)9-4-3-5-9/h2*7-8,11,22H,4-6,9H2,1-3H3,(H,18,19,21);6-7,9,22H,3-5,8H2,1-2H3,(H,17,19,21). The molecule has 0 radical (unpaired) electrons. The molecule has 18 nitrogen and oxygen atoms in total. The lowest BCUT2D eigenvalue weighted by Gasteiger charge is -2.28. The number of amides is 3. The summed E-state index contributed by atoms with van der Waals surface area (Å²) in [6.45, 7) is 13.6. The average Bonchev–Trinajstić information content (AvgIpc) is 3.76. The zero-order chi connectivity index (χ0) is 47.7. The fraction of sp³-hybridized carbons (Fsp3) is 0.553. The van der Waals surface area contributed by atoms with Crippen LogP contribution in [0, 0.1) is 13.8 Å². The maximum absolute atomic E-state index is 12.1. The largest absolute Gasteiger partial charge is 0.390 e. The monoisotopic (exact) mass is 926 g/mol. The maximum Gasteiger partial charge on any atom is 0.229 e. The number of aryl methyl sites for hydroxylation is 2. The van der Waals surface area contributed by atoms with E-state index in [1.165, 1.54) is 12.8 Å². The molecule has 6 aromatic rings. The van der Waals surface area contributed by atoms with E-state index in [2.05, 4.69) is 45.9 Å². The number of hydrogen-bond donors (Lipinski definition) is 6. The van der Waals surface area contributed by atoms with Crippen LogP contribution in [0.2, 0.25) is 5.15 Å². The lowest BCUT2D eigenvalue weighted by molar-refractivity contribution is -0.121. The molecule has 0 bridgehead atoms. The van der Waals surface area contributed by atoms with Crippen molar-refractivity contribution in [1.29, 1.82) is 0 Å². The fourth-order valence-electron chi connectivity index (χ4n) is 8.05. The van der Waals surface area contributed by atoms with Gasteiger partial charge in [0.05, 0.1) is 36.1 Å². The van der Waals surface area contributed by atoms with Gasteiger partial charge in [0.15, 0.2) is 16.9 Å². The van der Waals surface area contributed by atoms with Crippen molar-refractivity contribution in [3.8, 4) is 0 Å². The number of nitrogens with zero attached hydrogens (tertiary/aromatic N) is 9. The minimum Gasteiger partial charge on any atom is -0.390 e. The Morgan fingerprint density at radius 1 is 0.576 bits per heavy atom. The summed E-state index contributed by atoms with van der Waals surface area (Å²) in [7, 11) is 0. The first kappa shape index (κ1) is 48.4. The van der Waals surface area contributed by atoms with Crippen molar-refractivity contribution in [3.05, 3.63) is 52.9 Å². The Labute approximate surface area is 389 Å². The maximum atomic E-state index is 12.1. The number of hydrogen-bond acceptors (Lipinski definition) is 12. The van der Waals surface area contributed by atoms with Crippen LogP contribution in [-0.2, 0) is 14.4 Å². The van der Waals surface area contributed by atoms with Crippen LogP contribution in [0.15, 0.2) is 36.5 Å². The van der Waals surface area contributed by atoms with E-state index in [-0.39, 0.29) is 43.0 Å². The highest BCUT2D eigenvalue weighted by molar-refractivity contribution is 6.29. The predicted octanol–water partition coefficient (Wildman–Crippen LogP) is 8.04. The molecule has 3 saturated carbocycles. The second-order valence-corrected chi connectivity index (χ2v) is 20.2. The third-order valence-electron chi connectivity index (χ3n) is 11.8. The van der Waals surface area contributed by atoms with Crippen molar-refractivity contribution in [2.75, 3.05) is 16.0 Å². The van der Waals surface area contributed by atoms with Gasteiger partial charge in [-0.2, -0.15) is 0 Å². The number of carbonyl (C=O) groups is 3. The summed E-state index contributed by atoms with van der Waals surface area (Å²) < 4.78 is 6.02. The van der Waals surface area contributed by atoms with Gasteiger partial charge in [0.1, 0.15) is 21.7 Å². The van der Waals surface area contributed by atoms with Crippen LogP contribution in [0.25, 0.3) is 33.5 Å². The zero-order valence-corrected chi connectivity index (χ0v) is 39.9. The molecule has 354 valence electrons. The second kappa shape index (κ2) is 19.3. The van der Waals surface area contributed by atoms with Gasteiger partial charge in [0.25, 0.3) is 0 Å². The number of pyridine rings is 3. The van der Waals surface area contributed by atoms with Crippen molar-refractivity contribution in [2.45, 2.75) is 167 Å². The number of fused-ring (bicyclic) bond motifs is 3. The number of nitrogens with one attached hydrogen (secondary N) is 3. The molecule has 3 aliphatic carbocycles. The topological polar surface area (TPSA) is 240 Å². The Morgan fingerprint density at radius 2 is 0.970 bits per heavy atom. The molecule has 9 rings (SSSR count). The lowest BCUT2D eigenvalue weighted by Crippen LogP contribution is -2.29. The summed E-state index contributed by atoms with van der Waals surface area (Å²) in [5, 5.41) is 38.2. The van der Waals surface area contributed by atoms with Crippen LogP contribution in [0.3, 0.4) is 0 Å². The molecule has 0 aliphatic heterocycles. The predicted molar refractivity (Wildman–Crippen MR) is 254 cm³/mol. The molecule has 6 aromatic heterocycles. The van der Waals surface area contributed by atoms with Gasteiger partial charge in [0, 0.05) is 30.0 Å². The second-order valence-electron chi connectivity index (χ2n) is 19.9. The van der Waals surface area contributed by atoms with Crippen molar-refractivity contribution in [3.63, 3.8) is 0 Å². The zero-order valence-electron chi connectivity index (χ0n) is 39.2. The van der Waals surface area contributed by atoms with Gasteiger partial charge in [0.2, 0.25) is 35.6 Å². The molecule has 0 unspecified atom stereocenters. The van der Waals surface area contributed by atoms with Gasteiger partial charge >= 0.3 is 0 Å². The Bertz CT molecular complexity index is 2580. The van der Waals surface area contributed by atoms with Gasteiger partial charge in [-0.15, -0.1) is 0 Å². The van der Waals surface area contributed by atoms with Crippen LogP contribution in [0.4, 0.5) is 17.8 Å². The number of imidazole rings is 3. The molecule has 6 heterocycles. The Hall–Kier alpha value is -5.56. The van der Waals surface area contributed by atoms with Crippen LogP contribution in [0.1, 0.15) is 148 Å². The molecule has 3 fully saturated rings. The van der Waals surface area contributed by atoms with E-state index in [9.17, 15) is 29.7 Å². The van der Waals surface area contributed by atoms with E-state index in [0.29, 0.717) is 46.2 Å². The van der Waals surface area contributed by atoms with Crippen LogP contribution >= 0.6 is 11.6 Å². The molecule has 3 aliphatic rings. The molecular formula is C47H63ClN12O6. The van der Waals surface area contributed by atoms with Gasteiger partial charge in [-0.3, -0.25) is 44.0 Å². The fourth-order valence-corrected chi connectivity index (χ4v) is 8.20. The molecule has 3 amide bonds. The van der Waals surface area contributed by atoms with E-state index in [1.54, 1.807) is 59.9 Å². The van der Waals surface area contributed by atoms with Crippen molar-refractivity contribution >= 4 is 80.7 Å². The first-order valence-corrected chi connectivity index (χ1v) is 23.2. The van der Waals surface area contributed by atoms with Gasteiger partial charge in [-0.1, -0.05) is 11.6 Å². The van der Waals surface area contributed by atoms with Gasteiger partial charge in [-0.05, 0) is 149 Å². The van der Waals surface area contributed by atoms with E-state index in [1.807, 2.05) is 45.7 Å².